The quantitative estimate of drug-likeness (QED) is 0.809. The predicted molar refractivity (Wildman–Crippen MR) is 87.9 cm³/mol. The average Bonchev–Trinajstić information content (AvgIpc) is 2.47. The SMILES string of the molecule is CC(C)N1C[C@H]2CCC[C@]3(C1)C(=O)NC1(CCCCC1)N=C23. The molecule has 122 valence electrons. The number of rotatable bonds is 1. The van der Waals surface area contributed by atoms with Gasteiger partial charge in [0.25, 0.3) is 0 Å². The fourth-order valence-electron chi connectivity index (χ4n) is 5.19. The standard InChI is InChI=1S/C18H29N3O/c1-13(2)21-11-14-7-6-8-17(12-21)15(14)19-18(20-16(17)22)9-4-3-5-10-18/h13-14H,3-12H2,1-2H3,(H,20,22)/t14-,17-/m1/s1. The van der Waals surface area contributed by atoms with Gasteiger partial charge in [0, 0.05) is 30.8 Å². The lowest BCUT2D eigenvalue weighted by molar-refractivity contribution is -0.134. The number of nitrogens with zero attached hydrogens (tertiary/aromatic N) is 2. The summed E-state index contributed by atoms with van der Waals surface area (Å²) >= 11 is 0. The maximum absolute atomic E-state index is 13.2. The van der Waals surface area contributed by atoms with E-state index in [-0.39, 0.29) is 17.0 Å². The fraction of sp³-hybridized carbons (Fsp3) is 0.889. The van der Waals surface area contributed by atoms with Crippen LogP contribution < -0.4 is 5.32 Å². The number of amides is 1. The molecule has 2 bridgehead atoms. The van der Waals surface area contributed by atoms with Crippen LogP contribution in [0.5, 0.6) is 0 Å². The molecule has 0 aromatic carbocycles. The Balaban J connectivity index is 1.74. The van der Waals surface area contributed by atoms with Gasteiger partial charge in [-0.1, -0.05) is 12.8 Å². The van der Waals surface area contributed by atoms with Crippen molar-refractivity contribution in [3.63, 3.8) is 0 Å². The number of carbonyl (C=O) groups excluding carboxylic acids is 1. The zero-order valence-corrected chi connectivity index (χ0v) is 14.0. The summed E-state index contributed by atoms with van der Waals surface area (Å²) < 4.78 is 0. The van der Waals surface area contributed by atoms with E-state index in [1.165, 1.54) is 37.8 Å². The molecule has 1 amide bonds. The van der Waals surface area contributed by atoms with Crippen LogP contribution in [0.15, 0.2) is 4.99 Å². The first-order chi connectivity index (χ1) is 10.5. The van der Waals surface area contributed by atoms with Crippen molar-refractivity contribution in [1.29, 1.82) is 0 Å². The Bertz CT molecular complexity index is 506. The van der Waals surface area contributed by atoms with Gasteiger partial charge in [-0.15, -0.1) is 0 Å². The molecule has 4 nitrogen and oxygen atoms in total. The van der Waals surface area contributed by atoms with Crippen LogP contribution in [-0.2, 0) is 4.79 Å². The van der Waals surface area contributed by atoms with Gasteiger partial charge in [-0.2, -0.15) is 0 Å². The second kappa shape index (κ2) is 5.05. The van der Waals surface area contributed by atoms with Gasteiger partial charge in [0.2, 0.25) is 5.91 Å². The molecular formula is C18H29N3O. The first-order valence-electron chi connectivity index (χ1n) is 9.22. The Morgan fingerprint density at radius 2 is 1.95 bits per heavy atom. The van der Waals surface area contributed by atoms with Gasteiger partial charge < -0.3 is 5.32 Å². The lowest BCUT2D eigenvalue weighted by atomic mass is 9.62. The van der Waals surface area contributed by atoms with Crippen LogP contribution in [0.3, 0.4) is 0 Å². The monoisotopic (exact) mass is 303 g/mol. The van der Waals surface area contributed by atoms with Crippen LogP contribution in [0.1, 0.15) is 65.2 Å². The summed E-state index contributed by atoms with van der Waals surface area (Å²) in [6.45, 7) is 6.47. The summed E-state index contributed by atoms with van der Waals surface area (Å²) in [5.41, 5.74) is 0.721. The molecule has 0 aromatic heterocycles. The fourth-order valence-corrected chi connectivity index (χ4v) is 5.19. The number of likely N-dealkylation sites (tertiary alicyclic amines) is 1. The molecule has 0 unspecified atom stereocenters. The van der Waals surface area contributed by atoms with Gasteiger partial charge in [-0.05, 0) is 52.4 Å². The molecule has 4 rings (SSSR count). The summed E-state index contributed by atoms with van der Waals surface area (Å²) in [5, 5.41) is 3.38. The summed E-state index contributed by atoms with van der Waals surface area (Å²) in [7, 11) is 0. The topological polar surface area (TPSA) is 44.7 Å². The van der Waals surface area contributed by atoms with Gasteiger partial charge in [-0.3, -0.25) is 14.7 Å². The van der Waals surface area contributed by atoms with E-state index in [0.29, 0.717) is 12.0 Å². The molecule has 0 radical (unpaired) electrons. The van der Waals surface area contributed by atoms with Gasteiger partial charge in [0.15, 0.2) is 0 Å². The molecule has 3 fully saturated rings. The van der Waals surface area contributed by atoms with Crippen LogP contribution in [0.2, 0.25) is 0 Å². The van der Waals surface area contributed by atoms with E-state index in [0.717, 1.165) is 32.4 Å². The van der Waals surface area contributed by atoms with E-state index in [9.17, 15) is 4.79 Å². The highest BCUT2D eigenvalue weighted by atomic mass is 16.2. The van der Waals surface area contributed by atoms with Crippen molar-refractivity contribution in [1.82, 2.24) is 10.2 Å². The van der Waals surface area contributed by atoms with Gasteiger partial charge in [-0.25, -0.2) is 0 Å². The van der Waals surface area contributed by atoms with Gasteiger partial charge >= 0.3 is 0 Å². The van der Waals surface area contributed by atoms with Gasteiger partial charge in [0.05, 0.1) is 5.41 Å². The molecule has 2 heterocycles. The Hall–Kier alpha value is -0.900. The van der Waals surface area contributed by atoms with Crippen molar-refractivity contribution in [2.75, 3.05) is 13.1 Å². The number of aliphatic imine (C=N–C) groups is 1. The molecule has 1 N–H and O–H groups in total. The van der Waals surface area contributed by atoms with E-state index in [4.69, 9.17) is 4.99 Å². The molecule has 1 spiro atoms. The number of carbonyl (C=O) groups is 1. The van der Waals surface area contributed by atoms with Crippen molar-refractivity contribution in [3.8, 4) is 0 Å². The molecule has 22 heavy (non-hydrogen) atoms. The van der Waals surface area contributed by atoms with Crippen LogP contribution in [0, 0.1) is 11.3 Å². The predicted octanol–water partition coefficient (Wildman–Crippen LogP) is 2.73. The van der Waals surface area contributed by atoms with Gasteiger partial charge in [0.1, 0.15) is 5.66 Å². The lowest BCUT2D eigenvalue weighted by Gasteiger charge is -2.55. The van der Waals surface area contributed by atoms with E-state index >= 15 is 0 Å². The van der Waals surface area contributed by atoms with Crippen LogP contribution in [0.4, 0.5) is 0 Å². The smallest absolute Gasteiger partial charge is 0.235 e. The third-order valence-electron chi connectivity index (χ3n) is 6.49. The molecule has 4 heteroatoms. The van der Waals surface area contributed by atoms with Crippen molar-refractivity contribution in [2.45, 2.75) is 76.9 Å². The Morgan fingerprint density at radius 3 is 2.68 bits per heavy atom. The van der Waals surface area contributed by atoms with E-state index in [1.54, 1.807) is 0 Å². The molecule has 4 aliphatic rings. The molecule has 2 atom stereocenters. The third kappa shape index (κ3) is 2.06. The summed E-state index contributed by atoms with van der Waals surface area (Å²) in [4.78, 5) is 21.0. The summed E-state index contributed by atoms with van der Waals surface area (Å²) in [6.07, 6.45) is 9.16. The van der Waals surface area contributed by atoms with Crippen molar-refractivity contribution in [3.05, 3.63) is 0 Å². The first kappa shape index (κ1) is 14.7. The number of nitrogens with one attached hydrogen (secondary N) is 1. The Morgan fingerprint density at radius 1 is 1.18 bits per heavy atom. The van der Waals surface area contributed by atoms with Crippen molar-refractivity contribution in [2.24, 2.45) is 16.3 Å². The summed E-state index contributed by atoms with van der Waals surface area (Å²) in [6, 6.07) is 0.511. The Kier molecular flexibility index (Phi) is 3.37. The third-order valence-corrected chi connectivity index (χ3v) is 6.49. The molecular weight excluding hydrogens is 274 g/mol. The number of piperidine rings is 1. The molecule has 2 aliphatic heterocycles. The highest BCUT2D eigenvalue weighted by Gasteiger charge is 2.57. The largest absolute Gasteiger partial charge is 0.331 e. The van der Waals surface area contributed by atoms with E-state index in [1.807, 2.05) is 0 Å². The minimum Gasteiger partial charge on any atom is -0.331 e. The van der Waals surface area contributed by atoms with Crippen LogP contribution >= 0.6 is 0 Å². The van der Waals surface area contributed by atoms with Crippen molar-refractivity contribution < 1.29 is 4.79 Å². The van der Waals surface area contributed by atoms with Crippen molar-refractivity contribution >= 4 is 11.6 Å². The first-order valence-corrected chi connectivity index (χ1v) is 9.22. The molecule has 2 saturated carbocycles. The van der Waals surface area contributed by atoms with Crippen LogP contribution in [0.25, 0.3) is 0 Å². The lowest BCUT2D eigenvalue weighted by Crippen LogP contribution is -2.69. The van der Waals surface area contributed by atoms with E-state index in [2.05, 4.69) is 24.1 Å². The number of hydrogen-bond donors (Lipinski definition) is 1. The average molecular weight is 303 g/mol. The van der Waals surface area contributed by atoms with E-state index < -0.39 is 0 Å². The normalized spacial score (nSPS) is 37.7. The molecule has 2 aliphatic carbocycles. The second-order valence-electron chi connectivity index (χ2n) is 8.24. The maximum atomic E-state index is 13.2. The van der Waals surface area contributed by atoms with Crippen LogP contribution in [-0.4, -0.2) is 41.3 Å². The number of hydrogen-bond acceptors (Lipinski definition) is 3. The maximum Gasteiger partial charge on any atom is 0.235 e. The highest BCUT2D eigenvalue weighted by Crippen LogP contribution is 2.47. The molecule has 0 aromatic rings. The highest BCUT2D eigenvalue weighted by molar-refractivity contribution is 6.12. The second-order valence-corrected chi connectivity index (χ2v) is 8.24. The minimum absolute atomic E-state index is 0.246. The summed E-state index contributed by atoms with van der Waals surface area (Å²) in [5.74, 6) is 0.796. The minimum atomic E-state index is -0.311. The molecule has 1 saturated heterocycles. The zero-order chi connectivity index (χ0) is 15.4. The Labute approximate surface area is 133 Å². The zero-order valence-electron chi connectivity index (χ0n) is 14.0.